The van der Waals surface area contributed by atoms with Gasteiger partial charge in [-0.25, -0.2) is 0 Å². The predicted octanol–water partition coefficient (Wildman–Crippen LogP) is 3.57. The number of nitrogens with two attached hydrogens (primary N) is 1. The van der Waals surface area contributed by atoms with Gasteiger partial charge in [-0.2, -0.15) is 0 Å². The Morgan fingerprint density at radius 1 is 1.08 bits per heavy atom. The van der Waals surface area contributed by atoms with E-state index in [0.29, 0.717) is 0 Å². The summed E-state index contributed by atoms with van der Waals surface area (Å²) in [7, 11) is 1.72. The summed E-state index contributed by atoms with van der Waals surface area (Å²) in [6.45, 7) is 4.84. The van der Waals surface area contributed by atoms with Crippen LogP contribution in [0.5, 0.6) is 5.75 Å². The molecule has 0 unspecified atom stereocenters. The summed E-state index contributed by atoms with van der Waals surface area (Å²) in [5.41, 5.74) is 10.1. The van der Waals surface area contributed by atoms with Gasteiger partial charge in [0.25, 0.3) is 0 Å². The number of H-pyrrole nitrogens is 1. The molecule has 0 saturated heterocycles. The molecule has 132 valence electrons. The third kappa shape index (κ3) is 4.21. The van der Waals surface area contributed by atoms with Crippen molar-refractivity contribution in [1.82, 2.24) is 9.88 Å². The van der Waals surface area contributed by atoms with Gasteiger partial charge in [-0.1, -0.05) is 43.3 Å². The molecular weight excluding hydrogens is 310 g/mol. The van der Waals surface area contributed by atoms with Crippen LogP contribution in [0.25, 0.3) is 10.9 Å². The van der Waals surface area contributed by atoms with Crippen LogP contribution >= 0.6 is 0 Å². The molecule has 0 aliphatic rings. The second-order valence-corrected chi connectivity index (χ2v) is 6.46. The highest BCUT2D eigenvalue weighted by Crippen LogP contribution is 2.21. The van der Waals surface area contributed by atoms with E-state index in [4.69, 9.17) is 10.5 Å². The number of ether oxygens (including phenoxy) is 1. The van der Waals surface area contributed by atoms with Gasteiger partial charge >= 0.3 is 0 Å². The van der Waals surface area contributed by atoms with Crippen molar-refractivity contribution in [2.24, 2.45) is 5.73 Å². The number of hydrogen-bond donors (Lipinski definition) is 2. The summed E-state index contributed by atoms with van der Waals surface area (Å²) in [5, 5.41) is 1.27. The first-order chi connectivity index (χ1) is 12.2. The summed E-state index contributed by atoms with van der Waals surface area (Å²) in [5.74, 6) is 0.936. The minimum absolute atomic E-state index is 0.0915. The summed E-state index contributed by atoms with van der Waals surface area (Å²) in [6.07, 6.45) is 2.95. The van der Waals surface area contributed by atoms with Gasteiger partial charge in [0.15, 0.2) is 0 Å². The van der Waals surface area contributed by atoms with E-state index in [2.05, 4.69) is 59.4 Å². The molecule has 1 aromatic heterocycles. The number of nitrogens with one attached hydrogen (secondary N) is 1. The van der Waals surface area contributed by atoms with Crippen molar-refractivity contribution in [3.63, 3.8) is 0 Å². The maximum atomic E-state index is 6.47. The van der Waals surface area contributed by atoms with Gasteiger partial charge in [0.2, 0.25) is 0 Å². The van der Waals surface area contributed by atoms with Gasteiger partial charge in [0, 0.05) is 41.8 Å². The number of rotatable bonds is 8. The molecule has 0 aliphatic carbocycles. The average Bonchev–Trinajstić information content (AvgIpc) is 3.04. The first-order valence-electron chi connectivity index (χ1n) is 8.86. The highest BCUT2D eigenvalue weighted by Gasteiger charge is 2.14. The SMILES string of the molecule is CCN(Cc1ccccc1OC)C[C@H](N)Cc1c[nH]c2ccccc12. The van der Waals surface area contributed by atoms with Crippen LogP contribution in [0.3, 0.4) is 0 Å². The Balaban J connectivity index is 1.65. The van der Waals surface area contributed by atoms with Gasteiger partial charge in [0.05, 0.1) is 7.11 Å². The maximum absolute atomic E-state index is 6.47. The topological polar surface area (TPSA) is 54.3 Å². The van der Waals surface area contributed by atoms with Crippen LogP contribution in [0.15, 0.2) is 54.7 Å². The molecule has 0 aliphatic heterocycles. The van der Waals surface area contributed by atoms with Gasteiger partial charge in [-0.15, -0.1) is 0 Å². The standard InChI is InChI=1S/C21H27N3O/c1-3-24(14-16-8-4-7-11-21(16)25-2)15-18(22)12-17-13-23-20-10-6-5-9-19(17)20/h4-11,13,18,23H,3,12,14-15,22H2,1-2H3/t18-/m1/s1. The number of aromatic nitrogens is 1. The third-order valence-corrected chi connectivity index (χ3v) is 4.68. The monoisotopic (exact) mass is 337 g/mol. The van der Waals surface area contributed by atoms with Gasteiger partial charge < -0.3 is 15.5 Å². The highest BCUT2D eigenvalue weighted by atomic mass is 16.5. The van der Waals surface area contributed by atoms with E-state index in [1.807, 2.05) is 12.1 Å². The molecule has 1 heterocycles. The van der Waals surface area contributed by atoms with E-state index >= 15 is 0 Å². The summed E-state index contributed by atoms with van der Waals surface area (Å²) in [6, 6.07) is 16.7. The second-order valence-electron chi connectivity index (χ2n) is 6.46. The van der Waals surface area contributed by atoms with Crippen LogP contribution in [0.1, 0.15) is 18.1 Å². The summed E-state index contributed by atoms with van der Waals surface area (Å²) in [4.78, 5) is 5.70. The Hall–Kier alpha value is -2.30. The Bertz CT molecular complexity index is 812. The number of fused-ring (bicyclic) bond motifs is 1. The highest BCUT2D eigenvalue weighted by molar-refractivity contribution is 5.83. The molecule has 4 nitrogen and oxygen atoms in total. The molecule has 1 atom stereocenters. The number of para-hydroxylation sites is 2. The van der Waals surface area contributed by atoms with Crippen molar-refractivity contribution in [3.05, 3.63) is 65.9 Å². The van der Waals surface area contributed by atoms with Crippen LogP contribution in [0, 0.1) is 0 Å². The van der Waals surface area contributed by atoms with Crippen LogP contribution in [-0.2, 0) is 13.0 Å². The molecule has 0 bridgehead atoms. The molecule has 3 rings (SSSR count). The predicted molar refractivity (Wildman–Crippen MR) is 104 cm³/mol. The van der Waals surface area contributed by atoms with Gasteiger partial charge in [0.1, 0.15) is 5.75 Å². The zero-order chi connectivity index (χ0) is 17.6. The molecule has 3 N–H and O–H groups in total. The van der Waals surface area contributed by atoms with Crippen molar-refractivity contribution in [2.45, 2.75) is 25.9 Å². The van der Waals surface area contributed by atoms with Crippen molar-refractivity contribution in [3.8, 4) is 5.75 Å². The number of benzene rings is 2. The Kier molecular flexibility index (Phi) is 5.74. The van der Waals surface area contributed by atoms with E-state index in [1.165, 1.54) is 22.0 Å². The number of nitrogens with zero attached hydrogens (tertiary/aromatic N) is 1. The molecule has 0 saturated carbocycles. The fourth-order valence-electron chi connectivity index (χ4n) is 3.36. The van der Waals surface area contributed by atoms with Crippen molar-refractivity contribution < 1.29 is 4.74 Å². The average molecular weight is 337 g/mol. The lowest BCUT2D eigenvalue weighted by atomic mass is 10.0. The quantitative estimate of drug-likeness (QED) is 0.661. The smallest absolute Gasteiger partial charge is 0.123 e. The minimum Gasteiger partial charge on any atom is -0.496 e. The molecule has 25 heavy (non-hydrogen) atoms. The van der Waals surface area contributed by atoms with E-state index in [-0.39, 0.29) is 6.04 Å². The minimum atomic E-state index is 0.0915. The largest absolute Gasteiger partial charge is 0.496 e. The molecule has 2 aromatic carbocycles. The normalized spacial score (nSPS) is 12.6. The Labute approximate surface area is 149 Å². The number of methoxy groups -OCH3 is 1. The molecular formula is C21H27N3O. The first kappa shape index (κ1) is 17.5. The zero-order valence-electron chi connectivity index (χ0n) is 15.0. The molecule has 3 aromatic rings. The van der Waals surface area contributed by atoms with Crippen LogP contribution in [0.4, 0.5) is 0 Å². The lowest BCUT2D eigenvalue weighted by Crippen LogP contribution is -2.38. The number of hydrogen-bond acceptors (Lipinski definition) is 3. The molecule has 0 radical (unpaired) electrons. The Morgan fingerprint density at radius 2 is 1.84 bits per heavy atom. The lowest BCUT2D eigenvalue weighted by molar-refractivity contribution is 0.256. The second kappa shape index (κ2) is 8.19. The van der Waals surface area contributed by atoms with Crippen molar-refractivity contribution in [2.75, 3.05) is 20.2 Å². The fraction of sp³-hybridized carbons (Fsp3) is 0.333. The number of aromatic amines is 1. The first-order valence-corrected chi connectivity index (χ1v) is 8.86. The van der Waals surface area contributed by atoms with E-state index < -0.39 is 0 Å². The molecule has 0 fully saturated rings. The van der Waals surface area contributed by atoms with Crippen molar-refractivity contribution >= 4 is 10.9 Å². The lowest BCUT2D eigenvalue weighted by Gasteiger charge is -2.25. The van der Waals surface area contributed by atoms with Gasteiger partial charge in [-0.05, 0) is 30.7 Å². The maximum Gasteiger partial charge on any atom is 0.123 e. The zero-order valence-corrected chi connectivity index (χ0v) is 15.0. The molecule has 0 spiro atoms. The fourth-order valence-corrected chi connectivity index (χ4v) is 3.36. The van der Waals surface area contributed by atoms with Gasteiger partial charge in [-0.3, -0.25) is 4.90 Å². The van der Waals surface area contributed by atoms with Crippen LogP contribution in [0.2, 0.25) is 0 Å². The van der Waals surface area contributed by atoms with E-state index in [1.54, 1.807) is 7.11 Å². The van der Waals surface area contributed by atoms with E-state index in [0.717, 1.165) is 31.8 Å². The Morgan fingerprint density at radius 3 is 2.64 bits per heavy atom. The molecule has 0 amide bonds. The summed E-state index contributed by atoms with van der Waals surface area (Å²) < 4.78 is 5.47. The van der Waals surface area contributed by atoms with Crippen LogP contribution in [-0.4, -0.2) is 36.1 Å². The summed E-state index contributed by atoms with van der Waals surface area (Å²) >= 11 is 0. The van der Waals surface area contributed by atoms with Crippen LogP contribution < -0.4 is 10.5 Å². The third-order valence-electron chi connectivity index (χ3n) is 4.68. The van der Waals surface area contributed by atoms with E-state index in [9.17, 15) is 0 Å². The number of likely N-dealkylation sites (N-methyl/N-ethyl adjacent to an activating group) is 1. The molecule has 4 heteroatoms. The van der Waals surface area contributed by atoms with Crippen molar-refractivity contribution in [1.29, 1.82) is 0 Å².